The third-order valence-electron chi connectivity index (χ3n) is 5.26. The normalized spacial score (nSPS) is 29.3. The third kappa shape index (κ3) is 4.37. The minimum Gasteiger partial charge on any atom is -0.392 e. The largest absolute Gasteiger partial charge is 0.392 e. The molecule has 3 fully saturated rings. The Balaban J connectivity index is 0.00000192. The molecule has 0 spiro atoms. The van der Waals surface area contributed by atoms with Crippen LogP contribution in [0.15, 0.2) is 0 Å². The highest BCUT2D eigenvalue weighted by Crippen LogP contribution is 2.26. The molecular formula is C16H28ClN3O3. The number of halogens is 1. The van der Waals surface area contributed by atoms with E-state index in [4.69, 9.17) is 0 Å². The van der Waals surface area contributed by atoms with Crippen molar-refractivity contribution in [1.29, 1.82) is 0 Å². The first kappa shape index (κ1) is 18.5. The second-order valence-electron chi connectivity index (χ2n) is 6.84. The Morgan fingerprint density at radius 1 is 0.913 bits per heavy atom. The van der Waals surface area contributed by atoms with Crippen LogP contribution in [-0.4, -0.2) is 71.6 Å². The predicted molar refractivity (Wildman–Crippen MR) is 89.4 cm³/mol. The van der Waals surface area contributed by atoms with Crippen molar-refractivity contribution in [3.63, 3.8) is 0 Å². The van der Waals surface area contributed by atoms with Crippen LogP contribution in [0.4, 0.5) is 0 Å². The maximum Gasteiger partial charge on any atom is 0.239 e. The lowest BCUT2D eigenvalue weighted by molar-refractivity contribution is -0.143. The van der Waals surface area contributed by atoms with E-state index in [9.17, 15) is 14.7 Å². The van der Waals surface area contributed by atoms with Crippen LogP contribution < -0.4 is 5.32 Å². The van der Waals surface area contributed by atoms with E-state index in [-0.39, 0.29) is 30.3 Å². The average Bonchev–Trinajstić information content (AvgIpc) is 3.01. The van der Waals surface area contributed by atoms with Crippen molar-refractivity contribution in [3.05, 3.63) is 0 Å². The van der Waals surface area contributed by atoms with Gasteiger partial charge in [-0.05, 0) is 19.3 Å². The van der Waals surface area contributed by atoms with Crippen LogP contribution in [0, 0.1) is 5.92 Å². The summed E-state index contributed by atoms with van der Waals surface area (Å²) in [5.41, 5.74) is 0. The van der Waals surface area contributed by atoms with Crippen LogP contribution in [0.3, 0.4) is 0 Å². The first-order valence-electron chi connectivity index (χ1n) is 8.64. The van der Waals surface area contributed by atoms with E-state index in [2.05, 4.69) is 5.32 Å². The number of aliphatic hydroxyl groups is 1. The Bertz CT molecular complexity index is 396. The highest BCUT2D eigenvalue weighted by Gasteiger charge is 2.34. The lowest BCUT2D eigenvalue weighted by Gasteiger charge is -2.38. The molecule has 3 rings (SSSR count). The molecule has 2 saturated heterocycles. The molecule has 0 aromatic carbocycles. The molecule has 2 unspecified atom stereocenters. The average molecular weight is 346 g/mol. The summed E-state index contributed by atoms with van der Waals surface area (Å²) < 4.78 is 0. The van der Waals surface area contributed by atoms with E-state index < -0.39 is 6.10 Å². The Morgan fingerprint density at radius 2 is 1.48 bits per heavy atom. The first-order valence-corrected chi connectivity index (χ1v) is 8.64. The van der Waals surface area contributed by atoms with Gasteiger partial charge >= 0.3 is 0 Å². The number of rotatable bonds is 2. The van der Waals surface area contributed by atoms with Crippen molar-refractivity contribution in [2.24, 2.45) is 5.92 Å². The molecule has 7 heteroatoms. The van der Waals surface area contributed by atoms with Crippen LogP contribution in [0.1, 0.15) is 38.5 Å². The lowest BCUT2D eigenvalue weighted by atomic mass is 9.88. The Morgan fingerprint density at radius 3 is 2.00 bits per heavy atom. The van der Waals surface area contributed by atoms with E-state index in [1.165, 1.54) is 19.3 Å². The maximum atomic E-state index is 12.5. The lowest BCUT2D eigenvalue weighted by Crippen LogP contribution is -2.55. The zero-order valence-corrected chi connectivity index (χ0v) is 14.4. The molecule has 132 valence electrons. The van der Waals surface area contributed by atoms with Gasteiger partial charge in [0.2, 0.25) is 11.8 Å². The standard InChI is InChI=1S/C16H27N3O3.ClH/c20-13-10-14(17-11-13)16(22)19-8-6-18(7-9-19)15(21)12-4-2-1-3-5-12;/h12-14,17,20H,1-11H2;1H. The summed E-state index contributed by atoms with van der Waals surface area (Å²) in [7, 11) is 0. The summed E-state index contributed by atoms with van der Waals surface area (Å²) in [6.45, 7) is 3.03. The van der Waals surface area contributed by atoms with Crippen molar-refractivity contribution < 1.29 is 14.7 Å². The summed E-state index contributed by atoms with van der Waals surface area (Å²) in [6.07, 6.45) is 5.74. The molecule has 23 heavy (non-hydrogen) atoms. The number of carbonyl (C=O) groups excluding carboxylic acids is 2. The van der Waals surface area contributed by atoms with Gasteiger partial charge in [-0.25, -0.2) is 0 Å². The van der Waals surface area contributed by atoms with E-state index in [0.717, 1.165) is 12.8 Å². The van der Waals surface area contributed by atoms with Gasteiger partial charge in [0.1, 0.15) is 0 Å². The number of piperazine rings is 1. The molecule has 1 saturated carbocycles. The van der Waals surface area contributed by atoms with Crippen LogP contribution >= 0.6 is 12.4 Å². The molecule has 0 bridgehead atoms. The van der Waals surface area contributed by atoms with Gasteiger partial charge in [0, 0.05) is 38.6 Å². The minimum atomic E-state index is -0.414. The summed E-state index contributed by atoms with van der Waals surface area (Å²) >= 11 is 0. The number of hydrogen-bond acceptors (Lipinski definition) is 4. The smallest absolute Gasteiger partial charge is 0.239 e. The fourth-order valence-corrected chi connectivity index (χ4v) is 3.88. The van der Waals surface area contributed by atoms with Gasteiger partial charge in [0.25, 0.3) is 0 Å². The molecule has 2 N–H and O–H groups in total. The Kier molecular flexibility index (Phi) is 6.68. The van der Waals surface area contributed by atoms with Crippen LogP contribution in [0.5, 0.6) is 0 Å². The maximum absolute atomic E-state index is 12.5. The van der Waals surface area contributed by atoms with E-state index >= 15 is 0 Å². The van der Waals surface area contributed by atoms with Gasteiger partial charge in [-0.2, -0.15) is 0 Å². The van der Waals surface area contributed by atoms with Crippen molar-refractivity contribution >= 4 is 24.2 Å². The first-order chi connectivity index (χ1) is 10.6. The second-order valence-corrected chi connectivity index (χ2v) is 6.84. The van der Waals surface area contributed by atoms with E-state index in [1.807, 2.05) is 9.80 Å². The summed E-state index contributed by atoms with van der Waals surface area (Å²) in [5.74, 6) is 0.574. The van der Waals surface area contributed by atoms with Crippen molar-refractivity contribution in [1.82, 2.24) is 15.1 Å². The summed E-state index contributed by atoms with van der Waals surface area (Å²) in [5, 5.41) is 12.6. The monoisotopic (exact) mass is 345 g/mol. The number of carbonyl (C=O) groups is 2. The van der Waals surface area contributed by atoms with Crippen molar-refractivity contribution in [2.45, 2.75) is 50.7 Å². The predicted octanol–water partition coefficient (Wildman–Crippen LogP) is 0.382. The van der Waals surface area contributed by atoms with Crippen molar-refractivity contribution in [2.75, 3.05) is 32.7 Å². The molecule has 0 aromatic heterocycles. The molecule has 3 aliphatic rings. The zero-order chi connectivity index (χ0) is 15.5. The fraction of sp³-hybridized carbons (Fsp3) is 0.875. The molecular weight excluding hydrogens is 318 g/mol. The topological polar surface area (TPSA) is 72.9 Å². The highest BCUT2D eigenvalue weighted by atomic mass is 35.5. The molecule has 2 aliphatic heterocycles. The van der Waals surface area contributed by atoms with Gasteiger partial charge in [-0.15, -0.1) is 12.4 Å². The molecule has 2 amide bonds. The molecule has 0 aromatic rings. The fourth-order valence-electron chi connectivity index (χ4n) is 3.88. The van der Waals surface area contributed by atoms with Crippen LogP contribution in [0.2, 0.25) is 0 Å². The Hall–Kier alpha value is -0.850. The van der Waals surface area contributed by atoms with Crippen molar-refractivity contribution in [3.8, 4) is 0 Å². The third-order valence-corrected chi connectivity index (χ3v) is 5.26. The van der Waals surface area contributed by atoms with Gasteiger partial charge < -0.3 is 20.2 Å². The molecule has 1 aliphatic carbocycles. The van der Waals surface area contributed by atoms with Crippen LogP contribution in [-0.2, 0) is 9.59 Å². The van der Waals surface area contributed by atoms with Gasteiger partial charge in [0.15, 0.2) is 0 Å². The quantitative estimate of drug-likeness (QED) is 0.759. The second kappa shape index (κ2) is 8.31. The molecule has 6 nitrogen and oxygen atoms in total. The van der Waals surface area contributed by atoms with E-state index in [1.54, 1.807) is 0 Å². The minimum absolute atomic E-state index is 0. The molecule has 2 heterocycles. The van der Waals surface area contributed by atoms with Gasteiger partial charge in [0.05, 0.1) is 12.1 Å². The number of aliphatic hydroxyl groups excluding tert-OH is 1. The summed E-state index contributed by atoms with van der Waals surface area (Å²) in [6, 6.07) is -0.254. The van der Waals surface area contributed by atoms with E-state index in [0.29, 0.717) is 45.1 Å². The number of hydrogen-bond donors (Lipinski definition) is 2. The number of nitrogens with one attached hydrogen (secondary N) is 1. The molecule has 0 radical (unpaired) electrons. The van der Waals surface area contributed by atoms with Gasteiger partial charge in [-0.1, -0.05) is 19.3 Å². The number of β-amino-alcohol motifs (C(OH)–C–C–N with tert-alkyl or cyclic N) is 1. The van der Waals surface area contributed by atoms with Crippen LogP contribution in [0.25, 0.3) is 0 Å². The number of amides is 2. The SMILES string of the molecule is Cl.O=C(C1CCCCC1)N1CCN(C(=O)C2CC(O)CN2)CC1. The molecule has 2 atom stereocenters. The highest BCUT2D eigenvalue weighted by molar-refractivity contribution is 5.85. The zero-order valence-electron chi connectivity index (χ0n) is 13.6. The Labute approximate surface area is 144 Å². The number of nitrogens with zero attached hydrogens (tertiary/aromatic N) is 2. The van der Waals surface area contributed by atoms with Gasteiger partial charge in [-0.3, -0.25) is 9.59 Å². The summed E-state index contributed by atoms with van der Waals surface area (Å²) in [4.78, 5) is 28.7.